The number of benzene rings is 11. The summed E-state index contributed by atoms with van der Waals surface area (Å²) in [5.41, 5.74) is 23.2. The Morgan fingerprint density at radius 1 is 0.393 bits per heavy atom. The third-order valence-electron chi connectivity index (χ3n) is 18.3. The van der Waals surface area contributed by atoms with Crippen molar-refractivity contribution in [3.63, 3.8) is 0 Å². The maximum absolute atomic E-state index is 6.42. The second-order valence-corrected chi connectivity index (χ2v) is 25.1. The van der Waals surface area contributed by atoms with E-state index in [1.807, 2.05) is 6.26 Å². The lowest BCUT2D eigenvalue weighted by Crippen LogP contribution is -2.15. The predicted octanol–water partition coefficient (Wildman–Crippen LogP) is 21.5. The van der Waals surface area contributed by atoms with Crippen LogP contribution in [0.2, 0.25) is 0 Å². The van der Waals surface area contributed by atoms with Gasteiger partial charge in [-0.1, -0.05) is 175 Å². The first-order valence-corrected chi connectivity index (χ1v) is 29.5. The number of fused-ring (bicyclic) bond motifs is 14. The molecule has 6 heteroatoms. The summed E-state index contributed by atoms with van der Waals surface area (Å²) in [6.07, 6.45) is 2.65. The lowest BCUT2D eigenvalue weighted by Gasteiger charge is -2.31. The SMILES string of the molecule is CC(C)(C)c1ccc(N(c2c(-c3ccccc3)ccc3c2CCO3)c2ccc3c4cc5c(cc4n4c6ccccc6c2c34)c2ccc(N(c3ccc(C(C)(C)C)cc3)c3c(-c4ccccc4)ccc4occc34)c3c4ccccc4n5c23)cc1. The van der Waals surface area contributed by atoms with Crippen LogP contribution in [0.3, 0.4) is 0 Å². The molecule has 1 aliphatic heterocycles. The molecule has 0 saturated carbocycles. The molecule has 0 radical (unpaired) electrons. The minimum Gasteiger partial charge on any atom is -0.493 e. The molecule has 5 aromatic heterocycles. The van der Waals surface area contributed by atoms with E-state index < -0.39 is 0 Å². The van der Waals surface area contributed by atoms with E-state index in [4.69, 9.17) is 9.15 Å². The van der Waals surface area contributed by atoms with Crippen LogP contribution in [0.25, 0.3) is 109 Å². The number of furan rings is 1. The fourth-order valence-corrected chi connectivity index (χ4v) is 14.3. The number of hydrogen-bond acceptors (Lipinski definition) is 4. The van der Waals surface area contributed by atoms with Crippen molar-refractivity contribution >= 4 is 121 Å². The van der Waals surface area contributed by atoms with Gasteiger partial charge in [0.15, 0.2) is 0 Å². The monoisotopic (exact) mass is 1080 g/mol. The molecular weight excluding hydrogens is 1020 g/mol. The zero-order valence-corrected chi connectivity index (χ0v) is 48.0. The third-order valence-corrected chi connectivity index (χ3v) is 18.3. The van der Waals surface area contributed by atoms with Gasteiger partial charge < -0.3 is 27.8 Å². The molecule has 0 fully saturated rings. The van der Waals surface area contributed by atoms with Gasteiger partial charge in [-0.05, 0) is 124 Å². The van der Waals surface area contributed by atoms with E-state index in [1.54, 1.807) is 0 Å². The van der Waals surface area contributed by atoms with E-state index in [2.05, 4.69) is 285 Å². The molecule has 0 bridgehead atoms. The number of aromatic nitrogens is 2. The Morgan fingerprint density at radius 2 is 0.869 bits per heavy atom. The first kappa shape index (κ1) is 48.6. The van der Waals surface area contributed by atoms with Crippen molar-refractivity contribution in [1.29, 1.82) is 0 Å². The summed E-state index contributed by atoms with van der Waals surface area (Å²) < 4.78 is 17.8. The molecule has 0 N–H and O–H groups in total. The van der Waals surface area contributed by atoms with Crippen molar-refractivity contribution in [1.82, 2.24) is 8.80 Å². The van der Waals surface area contributed by atoms with Crippen molar-refractivity contribution < 1.29 is 9.15 Å². The smallest absolute Gasteiger partial charge is 0.136 e. The molecule has 17 rings (SSSR count). The summed E-state index contributed by atoms with van der Waals surface area (Å²) in [7, 11) is 0. The highest BCUT2D eigenvalue weighted by Crippen LogP contribution is 2.55. The van der Waals surface area contributed by atoms with Crippen LogP contribution in [0.1, 0.15) is 58.2 Å². The summed E-state index contributed by atoms with van der Waals surface area (Å²) in [6.45, 7) is 14.4. The molecule has 84 heavy (non-hydrogen) atoms. The van der Waals surface area contributed by atoms with Gasteiger partial charge in [-0.2, -0.15) is 0 Å². The molecule has 6 heterocycles. The topological polar surface area (TPSA) is 37.7 Å². The van der Waals surface area contributed by atoms with Gasteiger partial charge in [0, 0.05) is 83.0 Å². The van der Waals surface area contributed by atoms with Crippen molar-refractivity contribution in [3.8, 4) is 28.0 Å². The minimum absolute atomic E-state index is 0.00325. The van der Waals surface area contributed by atoms with E-state index in [-0.39, 0.29) is 10.8 Å². The minimum atomic E-state index is -0.0123. The molecule has 6 nitrogen and oxygen atoms in total. The summed E-state index contributed by atoms with van der Waals surface area (Å²) in [4.78, 5) is 5.06. The predicted molar refractivity (Wildman–Crippen MR) is 352 cm³/mol. The molecule has 16 aromatic rings. The molecule has 0 amide bonds. The largest absolute Gasteiger partial charge is 0.493 e. The van der Waals surface area contributed by atoms with Crippen LogP contribution in [0.15, 0.2) is 235 Å². The van der Waals surface area contributed by atoms with E-state index in [9.17, 15) is 0 Å². The van der Waals surface area contributed by atoms with Crippen LogP contribution in [0.4, 0.5) is 34.1 Å². The van der Waals surface area contributed by atoms with Crippen molar-refractivity contribution in [2.75, 3.05) is 16.4 Å². The highest BCUT2D eigenvalue weighted by Gasteiger charge is 2.33. The first-order chi connectivity index (χ1) is 41.0. The Bertz CT molecular complexity index is 5290. The number of rotatable bonds is 8. The Hall–Kier alpha value is -10.0. The molecule has 0 spiro atoms. The van der Waals surface area contributed by atoms with Gasteiger partial charge in [0.25, 0.3) is 0 Å². The second-order valence-electron chi connectivity index (χ2n) is 25.1. The molecule has 0 atom stereocenters. The number of nitrogens with zero attached hydrogens (tertiary/aromatic N) is 4. The Kier molecular flexibility index (Phi) is 10.3. The zero-order valence-electron chi connectivity index (χ0n) is 48.0. The van der Waals surface area contributed by atoms with E-state index in [0.29, 0.717) is 6.61 Å². The summed E-state index contributed by atoms with van der Waals surface area (Å²) in [5, 5.41) is 10.8. The van der Waals surface area contributed by atoms with Crippen molar-refractivity contribution in [3.05, 3.63) is 247 Å². The Morgan fingerprint density at radius 3 is 1.39 bits per heavy atom. The van der Waals surface area contributed by atoms with Crippen molar-refractivity contribution in [2.45, 2.75) is 58.8 Å². The number of anilines is 6. The van der Waals surface area contributed by atoms with Crippen molar-refractivity contribution in [2.24, 2.45) is 0 Å². The molecule has 11 aromatic carbocycles. The number of para-hydroxylation sites is 2. The van der Waals surface area contributed by atoms with Crippen LogP contribution in [-0.4, -0.2) is 15.4 Å². The second kappa shape index (κ2) is 17.7. The van der Waals surface area contributed by atoms with E-state index in [1.165, 1.54) is 110 Å². The average Bonchev–Trinajstić information content (AvgIpc) is 1.67. The van der Waals surface area contributed by atoms with Crippen LogP contribution in [-0.2, 0) is 17.3 Å². The fourth-order valence-electron chi connectivity index (χ4n) is 14.3. The van der Waals surface area contributed by atoms with E-state index >= 15 is 0 Å². The Balaban J connectivity index is 0.943. The maximum atomic E-state index is 6.42. The van der Waals surface area contributed by atoms with Gasteiger partial charge in [0.1, 0.15) is 11.3 Å². The lowest BCUT2D eigenvalue weighted by atomic mass is 9.87. The van der Waals surface area contributed by atoms with Gasteiger partial charge in [-0.25, -0.2) is 0 Å². The highest BCUT2D eigenvalue weighted by molar-refractivity contribution is 6.32. The lowest BCUT2D eigenvalue weighted by molar-refractivity contribution is 0.357. The van der Waals surface area contributed by atoms with Crippen LogP contribution in [0, 0.1) is 0 Å². The zero-order chi connectivity index (χ0) is 56.3. The quantitative estimate of drug-likeness (QED) is 0.152. The molecule has 0 saturated heterocycles. The van der Waals surface area contributed by atoms with Gasteiger partial charge in [-0.3, -0.25) is 0 Å². The van der Waals surface area contributed by atoms with Gasteiger partial charge >= 0.3 is 0 Å². The molecule has 1 aliphatic rings. The summed E-state index contributed by atoms with van der Waals surface area (Å²) >= 11 is 0. The van der Waals surface area contributed by atoms with Gasteiger partial charge in [0.2, 0.25) is 0 Å². The normalized spacial score (nSPS) is 13.1. The average molecular weight is 1090 g/mol. The summed E-state index contributed by atoms with van der Waals surface area (Å²) in [5.74, 6) is 0.955. The molecule has 0 unspecified atom stereocenters. The molecule has 0 aliphatic carbocycles. The fraction of sp³-hybridized carbons (Fsp3) is 0.128. The van der Waals surface area contributed by atoms with E-state index in [0.717, 1.165) is 62.7 Å². The van der Waals surface area contributed by atoms with Crippen LogP contribution < -0.4 is 14.5 Å². The van der Waals surface area contributed by atoms with Crippen LogP contribution >= 0.6 is 0 Å². The molecule has 404 valence electrons. The maximum Gasteiger partial charge on any atom is 0.136 e. The molecular formula is C78H60N4O2. The van der Waals surface area contributed by atoms with Crippen LogP contribution in [0.5, 0.6) is 5.75 Å². The first-order valence-electron chi connectivity index (χ1n) is 29.5. The standard InChI is InChI=1S/C78H60N4O2/c1-77(2,3)49-25-29-51(30-26-49)79(73-53(47-17-9-7-10-18-47)35-39-69-59(73)41-43-83-69)65-37-33-55-61-45-68-62(46-67(61)81-63-23-15-13-21-57(63)71(65)75(55)81)56-34-38-66(72-58-22-14-16-24-64(58)82(68)76(56)72)80(52-31-27-50(28-32-52)78(4,5)6)74-54(48-19-11-8-12-20-48)36-40-70-60(74)42-44-84-70/h7-41,43,45-46H,42,44H2,1-6H3. The third kappa shape index (κ3) is 6.97. The summed E-state index contributed by atoms with van der Waals surface area (Å²) in [6, 6.07) is 83.7. The van der Waals surface area contributed by atoms with Gasteiger partial charge in [-0.15, -0.1) is 0 Å². The number of ether oxygens (including phenoxy) is 1. The Labute approximate surface area is 487 Å². The number of hydrogen-bond donors (Lipinski definition) is 0. The van der Waals surface area contributed by atoms with Gasteiger partial charge in [0.05, 0.1) is 68.7 Å². The highest BCUT2D eigenvalue weighted by atomic mass is 16.5.